The van der Waals surface area contributed by atoms with Gasteiger partial charge in [-0.25, -0.2) is 0 Å². The Morgan fingerprint density at radius 1 is 1.03 bits per heavy atom. The molecule has 0 aromatic heterocycles. The number of morpholine rings is 1. The molecule has 2 aromatic carbocycles. The summed E-state index contributed by atoms with van der Waals surface area (Å²) in [4.78, 5) is 29.0. The minimum Gasteiger partial charge on any atom is -0.378 e. The van der Waals surface area contributed by atoms with Crippen LogP contribution in [0.5, 0.6) is 0 Å². The molecule has 2 amide bonds. The summed E-state index contributed by atoms with van der Waals surface area (Å²) in [5.41, 5.74) is 4.41. The maximum atomic E-state index is 12.6. The molecule has 2 N–H and O–H groups in total. The van der Waals surface area contributed by atoms with E-state index in [0.29, 0.717) is 0 Å². The Hall–Kier alpha value is -2.90. The summed E-state index contributed by atoms with van der Waals surface area (Å²) >= 11 is 0. The van der Waals surface area contributed by atoms with E-state index in [1.807, 2.05) is 36.4 Å². The Bertz CT molecular complexity index is 925. The van der Waals surface area contributed by atoms with Crippen molar-refractivity contribution in [2.75, 3.05) is 56.7 Å². The van der Waals surface area contributed by atoms with Gasteiger partial charge in [-0.2, -0.15) is 0 Å². The van der Waals surface area contributed by atoms with Crippen molar-refractivity contribution in [2.45, 2.75) is 25.3 Å². The van der Waals surface area contributed by atoms with Crippen LogP contribution in [0.15, 0.2) is 48.5 Å². The van der Waals surface area contributed by atoms with Crippen LogP contribution in [-0.2, 0) is 20.7 Å². The summed E-state index contributed by atoms with van der Waals surface area (Å²) in [7, 11) is 1.79. The number of nitrogens with one attached hydrogen (secondary N) is 2. The number of hydrogen-bond acceptors (Lipinski definition) is 5. The lowest BCUT2D eigenvalue weighted by atomic mass is 9.88. The molecule has 1 aliphatic carbocycles. The lowest BCUT2D eigenvalue weighted by molar-refractivity contribution is -0.123. The van der Waals surface area contributed by atoms with Gasteiger partial charge in [0.2, 0.25) is 11.8 Å². The molecule has 1 atom stereocenters. The second-order valence-corrected chi connectivity index (χ2v) is 8.58. The number of anilines is 2. The molecule has 1 aliphatic heterocycles. The maximum absolute atomic E-state index is 12.6. The first kappa shape index (κ1) is 22.3. The lowest BCUT2D eigenvalue weighted by Crippen LogP contribution is -2.40. The number of likely N-dealkylation sites (N-methyl/N-ethyl adjacent to an activating group) is 1. The first-order valence-electron chi connectivity index (χ1n) is 11.4. The maximum Gasteiger partial charge on any atom is 0.238 e. The molecule has 0 spiro atoms. The van der Waals surface area contributed by atoms with Gasteiger partial charge in [0.15, 0.2) is 0 Å². The smallest absolute Gasteiger partial charge is 0.238 e. The number of rotatable bonds is 7. The van der Waals surface area contributed by atoms with Crippen LogP contribution in [0.25, 0.3) is 0 Å². The topological polar surface area (TPSA) is 73.9 Å². The number of carbonyl (C=O) groups excluding carboxylic acids is 2. The van der Waals surface area contributed by atoms with Gasteiger partial charge in [-0.05, 0) is 61.7 Å². The molecule has 170 valence electrons. The predicted molar refractivity (Wildman–Crippen MR) is 126 cm³/mol. The van der Waals surface area contributed by atoms with E-state index in [1.165, 1.54) is 11.1 Å². The molecular formula is C25H32N4O3. The van der Waals surface area contributed by atoms with E-state index in [1.54, 1.807) is 11.9 Å². The zero-order valence-electron chi connectivity index (χ0n) is 18.7. The molecule has 2 aliphatic rings. The monoisotopic (exact) mass is 436 g/mol. The third-order valence-electron chi connectivity index (χ3n) is 6.06. The van der Waals surface area contributed by atoms with Crippen molar-refractivity contribution in [1.82, 2.24) is 10.2 Å². The predicted octanol–water partition coefficient (Wildman–Crippen LogP) is 2.59. The van der Waals surface area contributed by atoms with Crippen molar-refractivity contribution in [3.8, 4) is 0 Å². The number of fused-ring (bicyclic) bond motifs is 1. The summed E-state index contributed by atoms with van der Waals surface area (Å²) in [6, 6.07) is 16.2. The highest BCUT2D eigenvalue weighted by atomic mass is 16.5. The van der Waals surface area contributed by atoms with Gasteiger partial charge in [0.1, 0.15) is 0 Å². The Labute approximate surface area is 189 Å². The van der Waals surface area contributed by atoms with Crippen LogP contribution in [0.4, 0.5) is 11.4 Å². The number of carbonyl (C=O) groups is 2. The fraction of sp³-hybridized carbons (Fsp3) is 0.440. The van der Waals surface area contributed by atoms with Crippen LogP contribution in [0.1, 0.15) is 30.0 Å². The lowest BCUT2D eigenvalue weighted by Gasteiger charge is -2.29. The summed E-state index contributed by atoms with van der Waals surface area (Å²) in [5, 5.41) is 6.06. The van der Waals surface area contributed by atoms with Crippen molar-refractivity contribution in [1.29, 1.82) is 0 Å². The fourth-order valence-electron chi connectivity index (χ4n) is 4.47. The van der Waals surface area contributed by atoms with Crippen LogP contribution in [0.2, 0.25) is 0 Å². The number of nitrogens with zero attached hydrogens (tertiary/aromatic N) is 2. The number of benzene rings is 2. The van der Waals surface area contributed by atoms with Crippen LogP contribution < -0.4 is 15.5 Å². The SMILES string of the molecule is CN(CC(=O)Nc1ccc(N2CCOCC2)cc1)CC(=O)N[C@H]1CCCc2ccccc21. The van der Waals surface area contributed by atoms with Gasteiger partial charge in [0.05, 0.1) is 32.3 Å². The Balaban J connectivity index is 1.23. The van der Waals surface area contributed by atoms with E-state index in [2.05, 4.69) is 27.7 Å². The zero-order chi connectivity index (χ0) is 22.3. The van der Waals surface area contributed by atoms with Gasteiger partial charge in [0.25, 0.3) is 0 Å². The normalized spacial score (nSPS) is 18.2. The van der Waals surface area contributed by atoms with E-state index < -0.39 is 0 Å². The quantitative estimate of drug-likeness (QED) is 0.698. The van der Waals surface area contributed by atoms with Crippen molar-refractivity contribution in [2.24, 2.45) is 0 Å². The molecule has 0 radical (unpaired) electrons. The van der Waals surface area contributed by atoms with Gasteiger partial charge in [-0.1, -0.05) is 24.3 Å². The summed E-state index contributed by atoms with van der Waals surface area (Å²) < 4.78 is 5.39. The minimum atomic E-state index is -0.137. The Morgan fingerprint density at radius 3 is 2.53 bits per heavy atom. The van der Waals surface area contributed by atoms with E-state index in [-0.39, 0.29) is 30.9 Å². The number of aryl methyl sites for hydroxylation is 1. The Morgan fingerprint density at radius 2 is 1.75 bits per heavy atom. The molecule has 32 heavy (non-hydrogen) atoms. The highest BCUT2D eigenvalue weighted by Gasteiger charge is 2.22. The molecular weight excluding hydrogens is 404 g/mol. The average Bonchev–Trinajstić information content (AvgIpc) is 2.80. The molecule has 1 saturated heterocycles. The third-order valence-corrected chi connectivity index (χ3v) is 6.06. The number of amides is 2. The molecule has 4 rings (SSSR count). The first-order chi connectivity index (χ1) is 15.6. The number of hydrogen-bond donors (Lipinski definition) is 2. The molecule has 1 heterocycles. The second-order valence-electron chi connectivity index (χ2n) is 8.58. The van der Waals surface area contributed by atoms with E-state index in [9.17, 15) is 9.59 Å². The highest BCUT2D eigenvalue weighted by molar-refractivity contribution is 5.92. The van der Waals surface area contributed by atoms with Crippen molar-refractivity contribution in [3.63, 3.8) is 0 Å². The summed E-state index contributed by atoms with van der Waals surface area (Å²) in [5.74, 6) is -0.195. The van der Waals surface area contributed by atoms with Crippen LogP contribution in [0, 0.1) is 0 Å². The largest absolute Gasteiger partial charge is 0.378 e. The van der Waals surface area contributed by atoms with Crippen molar-refractivity contribution in [3.05, 3.63) is 59.7 Å². The van der Waals surface area contributed by atoms with Gasteiger partial charge in [0, 0.05) is 24.5 Å². The van der Waals surface area contributed by atoms with E-state index in [4.69, 9.17) is 4.74 Å². The molecule has 0 saturated carbocycles. The molecule has 2 aromatic rings. The van der Waals surface area contributed by atoms with Gasteiger partial charge >= 0.3 is 0 Å². The molecule has 7 nitrogen and oxygen atoms in total. The highest BCUT2D eigenvalue weighted by Crippen LogP contribution is 2.29. The van der Waals surface area contributed by atoms with E-state index in [0.717, 1.165) is 56.9 Å². The van der Waals surface area contributed by atoms with Crippen molar-refractivity contribution >= 4 is 23.2 Å². The zero-order valence-corrected chi connectivity index (χ0v) is 18.7. The molecule has 0 bridgehead atoms. The van der Waals surface area contributed by atoms with Gasteiger partial charge in [-0.3, -0.25) is 14.5 Å². The van der Waals surface area contributed by atoms with Gasteiger partial charge in [-0.15, -0.1) is 0 Å². The fourth-order valence-corrected chi connectivity index (χ4v) is 4.47. The van der Waals surface area contributed by atoms with Gasteiger partial charge < -0.3 is 20.3 Å². The van der Waals surface area contributed by atoms with E-state index >= 15 is 0 Å². The minimum absolute atomic E-state index is 0.0552. The number of ether oxygens (including phenoxy) is 1. The second kappa shape index (κ2) is 10.6. The molecule has 0 unspecified atom stereocenters. The molecule has 7 heteroatoms. The average molecular weight is 437 g/mol. The molecule has 1 fully saturated rings. The Kier molecular flexibility index (Phi) is 7.39. The standard InChI is InChI=1S/C25H32N4O3/c1-28(18-25(31)27-23-8-4-6-19-5-2-3-7-22(19)23)17-24(30)26-20-9-11-21(12-10-20)29-13-15-32-16-14-29/h2-3,5,7,9-12,23H,4,6,8,13-18H2,1H3,(H,26,30)(H,27,31)/t23-/m0/s1. The van der Waals surface area contributed by atoms with Crippen LogP contribution in [-0.4, -0.2) is 63.2 Å². The first-order valence-corrected chi connectivity index (χ1v) is 11.4. The third kappa shape index (κ3) is 5.87. The summed E-state index contributed by atoms with van der Waals surface area (Å²) in [6.45, 7) is 3.58. The van der Waals surface area contributed by atoms with Crippen LogP contribution >= 0.6 is 0 Å². The van der Waals surface area contributed by atoms with Crippen molar-refractivity contribution < 1.29 is 14.3 Å². The van der Waals surface area contributed by atoms with Crippen LogP contribution in [0.3, 0.4) is 0 Å². The summed E-state index contributed by atoms with van der Waals surface area (Å²) in [6.07, 6.45) is 3.09.